The Morgan fingerprint density at radius 3 is 2.65 bits per heavy atom. The van der Waals surface area contributed by atoms with Crippen molar-refractivity contribution in [2.45, 2.75) is 19.9 Å². The number of amides is 1. The van der Waals surface area contributed by atoms with Crippen LogP contribution in [0.5, 0.6) is 0 Å². The summed E-state index contributed by atoms with van der Waals surface area (Å²) in [6, 6.07) is 13.9. The molecule has 1 amide bonds. The lowest BCUT2D eigenvalue weighted by atomic mass is 9.96. The zero-order valence-electron chi connectivity index (χ0n) is 15.1. The lowest BCUT2D eigenvalue weighted by Crippen LogP contribution is -2.30. The van der Waals surface area contributed by atoms with Gasteiger partial charge in [0.05, 0.1) is 30.4 Å². The quantitative estimate of drug-likeness (QED) is 0.683. The monoisotopic (exact) mass is 348 g/mol. The summed E-state index contributed by atoms with van der Waals surface area (Å²) < 4.78 is 6.90. The van der Waals surface area contributed by atoms with Gasteiger partial charge in [-0.25, -0.2) is 0 Å². The Kier molecular flexibility index (Phi) is 3.80. The standard InChI is InChI=1S/C21H20N2O3/c1-13-7-4-5-8-14(13)21-15-11-18(24)22(2)16-9-6-10-17(20(15)16)23(21)12-19(25)26-3/h4-10H,11-12H2,1-3H3. The fourth-order valence-corrected chi connectivity index (χ4v) is 3.82. The molecule has 0 saturated heterocycles. The molecule has 2 heterocycles. The van der Waals surface area contributed by atoms with Gasteiger partial charge in [0, 0.05) is 18.0 Å². The summed E-state index contributed by atoms with van der Waals surface area (Å²) in [6.45, 7) is 2.15. The number of nitrogens with zero attached hydrogens (tertiary/aromatic N) is 2. The van der Waals surface area contributed by atoms with Crippen LogP contribution in [-0.2, 0) is 27.3 Å². The molecule has 1 aromatic heterocycles. The van der Waals surface area contributed by atoms with Gasteiger partial charge in [0.1, 0.15) is 6.54 Å². The minimum atomic E-state index is -0.312. The van der Waals surface area contributed by atoms with E-state index in [1.165, 1.54) is 7.11 Å². The summed E-state index contributed by atoms with van der Waals surface area (Å²) in [5.74, 6) is -0.261. The smallest absolute Gasteiger partial charge is 0.325 e. The van der Waals surface area contributed by atoms with E-state index >= 15 is 0 Å². The maximum Gasteiger partial charge on any atom is 0.325 e. The molecule has 1 aliphatic heterocycles. The molecular formula is C21H20N2O3. The normalized spacial score (nSPS) is 13.3. The minimum absolute atomic E-state index is 0.0515. The molecule has 0 saturated carbocycles. The van der Waals surface area contributed by atoms with Gasteiger partial charge in [-0.2, -0.15) is 0 Å². The van der Waals surface area contributed by atoms with Gasteiger partial charge >= 0.3 is 5.97 Å². The van der Waals surface area contributed by atoms with Crippen molar-refractivity contribution < 1.29 is 14.3 Å². The summed E-state index contributed by atoms with van der Waals surface area (Å²) >= 11 is 0. The van der Waals surface area contributed by atoms with Crippen molar-refractivity contribution >= 4 is 28.5 Å². The van der Waals surface area contributed by atoms with Gasteiger partial charge in [-0.05, 0) is 30.2 Å². The maximum atomic E-state index is 12.6. The number of carbonyl (C=O) groups excluding carboxylic acids is 2. The second-order valence-corrected chi connectivity index (χ2v) is 6.61. The Hall–Kier alpha value is -3.08. The van der Waals surface area contributed by atoms with Gasteiger partial charge < -0.3 is 14.2 Å². The number of esters is 1. The Morgan fingerprint density at radius 2 is 1.92 bits per heavy atom. The highest BCUT2D eigenvalue weighted by Gasteiger charge is 2.30. The van der Waals surface area contributed by atoms with Crippen LogP contribution in [0.1, 0.15) is 11.1 Å². The maximum absolute atomic E-state index is 12.6. The van der Waals surface area contributed by atoms with E-state index in [0.29, 0.717) is 6.42 Å². The van der Waals surface area contributed by atoms with Crippen molar-refractivity contribution in [3.8, 4) is 11.3 Å². The summed E-state index contributed by atoms with van der Waals surface area (Å²) in [7, 11) is 3.19. The molecule has 5 nitrogen and oxygen atoms in total. The molecule has 1 aliphatic rings. The number of hydrogen-bond acceptors (Lipinski definition) is 3. The molecule has 5 heteroatoms. The van der Waals surface area contributed by atoms with E-state index in [0.717, 1.165) is 39.0 Å². The molecular weight excluding hydrogens is 328 g/mol. The fraction of sp³-hybridized carbons (Fsp3) is 0.238. The van der Waals surface area contributed by atoms with Crippen LogP contribution in [0.15, 0.2) is 42.5 Å². The highest BCUT2D eigenvalue weighted by Crippen LogP contribution is 2.42. The first-order chi connectivity index (χ1) is 12.5. The van der Waals surface area contributed by atoms with Crippen molar-refractivity contribution in [3.05, 3.63) is 53.6 Å². The summed E-state index contributed by atoms with van der Waals surface area (Å²) in [4.78, 5) is 26.4. The van der Waals surface area contributed by atoms with Gasteiger partial charge in [0.25, 0.3) is 0 Å². The predicted octanol–water partition coefficient (Wildman–Crippen LogP) is 3.31. The molecule has 26 heavy (non-hydrogen) atoms. The molecule has 0 atom stereocenters. The molecule has 0 N–H and O–H groups in total. The minimum Gasteiger partial charge on any atom is -0.468 e. The predicted molar refractivity (Wildman–Crippen MR) is 101 cm³/mol. The fourth-order valence-electron chi connectivity index (χ4n) is 3.82. The number of likely N-dealkylation sites (N-methyl/N-ethyl adjacent to an activating group) is 1. The van der Waals surface area contributed by atoms with Crippen LogP contribution in [0.4, 0.5) is 5.69 Å². The number of carbonyl (C=O) groups is 2. The molecule has 3 aromatic rings. The molecule has 132 valence electrons. The van der Waals surface area contributed by atoms with Gasteiger partial charge in [-0.1, -0.05) is 30.3 Å². The molecule has 0 aliphatic carbocycles. The van der Waals surface area contributed by atoms with E-state index in [1.54, 1.807) is 11.9 Å². The molecule has 0 spiro atoms. The lowest BCUT2D eigenvalue weighted by Gasteiger charge is -2.24. The third kappa shape index (κ3) is 2.31. The molecule has 4 rings (SSSR count). The first-order valence-corrected chi connectivity index (χ1v) is 8.56. The van der Waals surface area contributed by atoms with Crippen LogP contribution >= 0.6 is 0 Å². The zero-order chi connectivity index (χ0) is 18.4. The number of hydrogen-bond donors (Lipinski definition) is 0. The highest BCUT2D eigenvalue weighted by atomic mass is 16.5. The third-order valence-electron chi connectivity index (χ3n) is 5.15. The average Bonchev–Trinajstić information content (AvgIpc) is 2.94. The molecule has 0 radical (unpaired) electrons. The summed E-state index contributed by atoms with van der Waals surface area (Å²) in [5, 5.41) is 1.04. The van der Waals surface area contributed by atoms with Crippen molar-refractivity contribution in [1.29, 1.82) is 0 Å². The SMILES string of the molecule is COC(=O)Cn1c(-c2ccccc2C)c2c3c(cccc31)N(C)C(=O)C2. The van der Waals surface area contributed by atoms with Crippen molar-refractivity contribution in [3.63, 3.8) is 0 Å². The Balaban J connectivity index is 2.11. The van der Waals surface area contributed by atoms with E-state index in [2.05, 4.69) is 0 Å². The molecule has 2 aromatic carbocycles. The van der Waals surface area contributed by atoms with E-state index in [1.807, 2.05) is 54.0 Å². The second kappa shape index (κ2) is 6.02. The number of methoxy groups -OCH3 is 1. The number of aromatic nitrogens is 1. The first-order valence-electron chi connectivity index (χ1n) is 8.56. The Morgan fingerprint density at radius 1 is 1.15 bits per heavy atom. The largest absolute Gasteiger partial charge is 0.468 e. The van der Waals surface area contributed by atoms with E-state index < -0.39 is 0 Å². The number of ether oxygens (including phenoxy) is 1. The summed E-state index contributed by atoms with van der Waals surface area (Å²) in [5.41, 5.74) is 5.87. The first kappa shape index (κ1) is 16.4. The van der Waals surface area contributed by atoms with Crippen molar-refractivity contribution in [2.24, 2.45) is 0 Å². The number of aryl methyl sites for hydroxylation is 1. The van der Waals surface area contributed by atoms with Gasteiger partial charge in [0.2, 0.25) is 5.91 Å². The van der Waals surface area contributed by atoms with Crippen LogP contribution in [0.3, 0.4) is 0 Å². The highest BCUT2D eigenvalue weighted by molar-refractivity contribution is 6.13. The number of rotatable bonds is 3. The van der Waals surface area contributed by atoms with Crippen LogP contribution < -0.4 is 4.90 Å². The van der Waals surface area contributed by atoms with Crippen LogP contribution in [0.2, 0.25) is 0 Å². The van der Waals surface area contributed by atoms with Crippen molar-refractivity contribution in [2.75, 3.05) is 19.1 Å². The number of anilines is 1. The Bertz CT molecular complexity index is 1050. The second-order valence-electron chi connectivity index (χ2n) is 6.61. The zero-order valence-corrected chi connectivity index (χ0v) is 15.1. The van der Waals surface area contributed by atoms with Crippen molar-refractivity contribution in [1.82, 2.24) is 4.57 Å². The van der Waals surface area contributed by atoms with Crippen LogP contribution in [0.25, 0.3) is 22.2 Å². The molecule has 0 unspecified atom stereocenters. The van der Waals surface area contributed by atoms with Gasteiger partial charge in [-0.15, -0.1) is 0 Å². The number of benzene rings is 2. The van der Waals surface area contributed by atoms with Gasteiger partial charge in [-0.3, -0.25) is 9.59 Å². The third-order valence-corrected chi connectivity index (χ3v) is 5.15. The lowest BCUT2D eigenvalue weighted by molar-refractivity contribution is -0.141. The van der Waals surface area contributed by atoms with E-state index in [-0.39, 0.29) is 18.4 Å². The average molecular weight is 348 g/mol. The molecule has 0 fully saturated rings. The van der Waals surface area contributed by atoms with E-state index in [9.17, 15) is 9.59 Å². The summed E-state index contributed by atoms with van der Waals surface area (Å²) in [6.07, 6.45) is 0.321. The van der Waals surface area contributed by atoms with Crippen LogP contribution in [-0.4, -0.2) is 30.6 Å². The topological polar surface area (TPSA) is 51.5 Å². The van der Waals surface area contributed by atoms with E-state index in [4.69, 9.17) is 4.74 Å². The van der Waals surface area contributed by atoms with Crippen LogP contribution in [0, 0.1) is 6.92 Å². The van der Waals surface area contributed by atoms with Gasteiger partial charge in [0.15, 0.2) is 0 Å². The molecule has 0 bridgehead atoms. The Labute approximate surface area is 151 Å².